The average Bonchev–Trinajstić information content (AvgIpc) is 3.26. The van der Waals surface area contributed by atoms with Crippen LogP contribution in [-0.4, -0.2) is 28.8 Å². The molecule has 2 aromatic heterocycles. The molecule has 0 aliphatic heterocycles. The molecule has 0 atom stereocenters. The Kier molecular flexibility index (Phi) is 5.72. The summed E-state index contributed by atoms with van der Waals surface area (Å²) in [5.74, 6) is 0.284. The molecule has 0 saturated heterocycles. The number of nitrogens with zero attached hydrogens (tertiary/aromatic N) is 2. The number of ether oxygens (including phenoxy) is 2. The first-order valence-electron chi connectivity index (χ1n) is 9.02. The first kappa shape index (κ1) is 20.2. The van der Waals surface area contributed by atoms with E-state index in [9.17, 15) is 9.59 Å². The number of hydrogen-bond acceptors (Lipinski definition) is 6. The minimum absolute atomic E-state index is 0.101. The van der Waals surface area contributed by atoms with E-state index < -0.39 is 11.9 Å². The predicted molar refractivity (Wildman–Crippen MR) is 106 cm³/mol. The molecule has 0 aliphatic carbocycles. The Morgan fingerprint density at radius 1 is 1.17 bits per heavy atom. The molecular weight excluding hydrogens is 374 g/mol. The van der Waals surface area contributed by atoms with Gasteiger partial charge in [-0.05, 0) is 50.1 Å². The van der Waals surface area contributed by atoms with Crippen molar-refractivity contribution in [1.29, 1.82) is 0 Å². The molecule has 3 aromatic rings. The fourth-order valence-corrected chi connectivity index (χ4v) is 2.90. The minimum atomic E-state index is -0.592. The maximum atomic E-state index is 12.6. The number of carbonyl (C=O) groups is 2. The summed E-state index contributed by atoms with van der Waals surface area (Å²) in [6.07, 6.45) is 0. The van der Waals surface area contributed by atoms with Crippen LogP contribution >= 0.6 is 0 Å². The van der Waals surface area contributed by atoms with E-state index in [2.05, 4.69) is 10.4 Å². The molecule has 8 heteroatoms. The van der Waals surface area contributed by atoms with E-state index in [4.69, 9.17) is 13.9 Å². The van der Waals surface area contributed by atoms with Gasteiger partial charge in [0.1, 0.15) is 18.1 Å². The lowest BCUT2D eigenvalue weighted by Gasteiger charge is -2.08. The first-order chi connectivity index (χ1) is 13.8. The molecule has 1 aromatic carbocycles. The second kappa shape index (κ2) is 8.22. The summed E-state index contributed by atoms with van der Waals surface area (Å²) in [4.78, 5) is 24.6. The highest BCUT2D eigenvalue weighted by atomic mass is 16.5. The third-order valence-electron chi connectivity index (χ3n) is 4.44. The van der Waals surface area contributed by atoms with Crippen molar-refractivity contribution < 1.29 is 23.5 Å². The molecule has 0 aliphatic rings. The Morgan fingerprint density at radius 3 is 2.66 bits per heavy atom. The normalized spacial score (nSPS) is 10.7. The smallest absolute Gasteiger partial charge is 0.358 e. The van der Waals surface area contributed by atoms with Crippen molar-refractivity contribution in [2.45, 2.75) is 27.4 Å². The summed E-state index contributed by atoms with van der Waals surface area (Å²) < 4.78 is 17.5. The van der Waals surface area contributed by atoms with E-state index in [1.54, 1.807) is 26.1 Å². The molecule has 0 fully saturated rings. The zero-order valence-corrected chi connectivity index (χ0v) is 17.0. The van der Waals surface area contributed by atoms with Crippen LogP contribution in [-0.2, 0) is 18.4 Å². The Labute approximate surface area is 168 Å². The van der Waals surface area contributed by atoms with Gasteiger partial charge in [-0.15, -0.1) is 0 Å². The van der Waals surface area contributed by atoms with Crippen LogP contribution in [0.15, 0.2) is 34.7 Å². The van der Waals surface area contributed by atoms with Crippen molar-refractivity contribution in [2.24, 2.45) is 7.05 Å². The van der Waals surface area contributed by atoms with Crippen LogP contribution in [0.1, 0.15) is 43.6 Å². The summed E-state index contributed by atoms with van der Waals surface area (Å²) in [6, 6.07) is 9.19. The highest BCUT2D eigenvalue weighted by Gasteiger charge is 2.24. The number of hydrogen-bond donors (Lipinski definition) is 1. The van der Waals surface area contributed by atoms with Crippen LogP contribution in [0.25, 0.3) is 0 Å². The van der Waals surface area contributed by atoms with Crippen molar-refractivity contribution in [3.8, 4) is 5.75 Å². The van der Waals surface area contributed by atoms with Gasteiger partial charge in [-0.3, -0.25) is 9.48 Å². The summed E-state index contributed by atoms with van der Waals surface area (Å²) in [7, 11) is 2.87. The topological polar surface area (TPSA) is 95.6 Å². The summed E-state index contributed by atoms with van der Waals surface area (Å²) >= 11 is 0. The van der Waals surface area contributed by atoms with Crippen LogP contribution < -0.4 is 10.1 Å². The molecule has 29 heavy (non-hydrogen) atoms. The van der Waals surface area contributed by atoms with E-state index >= 15 is 0 Å². The third-order valence-corrected chi connectivity index (χ3v) is 4.44. The van der Waals surface area contributed by atoms with E-state index in [-0.39, 0.29) is 23.7 Å². The quantitative estimate of drug-likeness (QED) is 0.639. The van der Waals surface area contributed by atoms with Gasteiger partial charge in [0.05, 0.1) is 18.5 Å². The van der Waals surface area contributed by atoms with Crippen molar-refractivity contribution in [1.82, 2.24) is 9.78 Å². The minimum Gasteiger partial charge on any atom is -0.485 e. The number of methoxy groups -OCH3 is 1. The van der Waals surface area contributed by atoms with Crippen LogP contribution in [0.5, 0.6) is 5.75 Å². The average molecular weight is 397 g/mol. The van der Waals surface area contributed by atoms with E-state index in [1.807, 2.05) is 32.0 Å². The SMILES string of the molecule is COC(=O)c1c(NC(=O)c2ccc(COc3cc(C)ccc3C)o2)c(C)nn1C. The highest BCUT2D eigenvalue weighted by Crippen LogP contribution is 2.23. The standard InChI is InChI=1S/C21H23N3O5/c1-12-6-7-13(2)17(10-12)28-11-15-8-9-16(29-15)20(25)22-18-14(3)23-24(4)19(18)21(26)27-5/h6-10H,11H2,1-5H3,(H,22,25). The summed E-state index contributed by atoms with van der Waals surface area (Å²) in [6.45, 7) is 5.83. The first-order valence-corrected chi connectivity index (χ1v) is 9.02. The number of aryl methyl sites for hydroxylation is 4. The third kappa shape index (κ3) is 4.31. The number of esters is 1. The molecule has 0 radical (unpaired) electrons. The van der Waals surface area contributed by atoms with Crippen LogP contribution in [0.4, 0.5) is 5.69 Å². The van der Waals surface area contributed by atoms with Gasteiger partial charge >= 0.3 is 5.97 Å². The van der Waals surface area contributed by atoms with Crippen molar-refractivity contribution in [3.05, 3.63) is 64.4 Å². The number of carbonyl (C=O) groups excluding carboxylic acids is 2. The molecule has 0 saturated carbocycles. The van der Waals surface area contributed by atoms with Crippen molar-refractivity contribution in [3.63, 3.8) is 0 Å². The maximum Gasteiger partial charge on any atom is 0.358 e. The van der Waals surface area contributed by atoms with Gasteiger partial charge in [0.15, 0.2) is 11.5 Å². The zero-order chi connectivity index (χ0) is 21.1. The molecule has 0 unspecified atom stereocenters. The van der Waals surface area contributed by atoms with Crippen LogP contribution in [0.3, 0.4) is 0 Å². The Balaban J connectivity index is 1.72. The molecule has 0 spiro atoms. The van der Waals surface area contributed by atoms with Crippen LogP contribution in [0.2, 0.25) is 0 Å². The highest BCUT2D eigenvalue weighted by molar-refractivity contribution is 6.06. The Bertz CT molecular complexity index is 1060. The van der Waals surface area contributed by atoms with E-state index in [1.165, 1.54) is 11.8 Å². The summed E-state index contributed by atoms with van der Waals surface area (Å²) in [5.41, 5.74) is 3.05. The number of nitrogens with one attached hydrogen (secondary N) is 1. The number of aromatic nitrogens is 2. The van der Waals surface area contributed by atoms with Gasteiger partial charge in [-0.2, -0.15) is 5.10 Å². The van der Waals surface area contributed by atoms with E-state index in [0.29, 0.717) is 11.5 Å². The zero-order valence-electron chi connectivity index (χ0n) is 17.0. The predicted octanol–water partition coefficient (Wildman–Crippen LogP) is 3.56. The second-order valence-electron chi connectivity index (χ2n) is 6.70. The number of rotatable bonds is 6. The molecule has 2 heterocycles. The molecule has 3 rings (SSSR count). The fourth-order valence-electron chi connectivity index (χ4n) is 2.90. The fraction of sp³-hybridized carbons (Fsp3) is 0.286. The molecule has 1 N–H and O–H groups in total. The number of furan rings is 1. The van der Waals surface area contributed by atoms with Gasteiger partial charge < -0.3 is 19.2 Å². The number of amides is 1. The van der Waals surface area contributed by atoms with Crippen molar-refractivity contribution >= 4 is 17.6 Å². The van der Waals surface area contributed by atoms with Crippen LogP contribution in [0, 0.1) is 20.8 Å². The lowest BCUT2D eigenvalue weighted by molar-refractivity contribution is 0.0589. The van der Waals surface area contributed by atoms with Gasteiger partial charge in [0, 0.05) is 7.05 Å². The molecular formula is C21H23N3O5. The Hall–Kier alpha value is -3.55. The molecule has 8 nitrogen and oxygen atoms in total. The van der Waals surface area contributed by atoms with Crippen molar-refractivity contribution in [2.75, 3.05) is 12.4 Å². The number of benzene rings is 1. The van der Waals surface area contributed by atoms with Gasteiger partial charge in [-0.25, -0.2) is 4.79 Å². The maximum absolute atomic E-state index is 12.6. The van der Waals surface area contributed by atoms with Gasteiger partial charge in [-0.1, -0.05) is 12.1 Å². The molecule has 0 bridgehead atoms. The van der Waals surface area contributed by atoms with Gasteiger partial charge in [0.2, 0.25) is 0 Å². The largest absolute Gasteiger partial charge is 0.485 e. The lowest BCUT2D eigenvalue weighted by atomic mass is 10.1. The second-order valence-corrected chi connectivity index (χ2v) is 6.70. The molecule has 1 amide bonds. The summed E-state index contributed by atoms with van der Waals surface area (Å²) in [5, 5.41) is 6.84. The Morgan fingerprint density at radius 2 is 1.93 bits per heavy atom. The van der Waals surface area contributed by atoms with E-state index in [0.717, 1.165) is 16.9 Å². The number of anilines is 1. The monoisotopic (exact) mass is 397 g/mol. The van der Waals surface area contributed by atoms with Gasteiger partial charge in [0.25, 0.3) is 5.91 Å². The lowest BCUT2D eigenvalue weighted by Crippen LogP contribution is -2.16. The molecule has 152 valence electrons.